The van der Waals surface area contributed by atoms with E-state index in [1.807, 2.05) is 38.1 Å². The van der Waals surface area contributed by atoms with Crippen LogP contribution in [0.3, 0.4) is 0 Å². The molecule has 1 aliphatic heterocycles. The third kappa shape index (κ3) is 3.73. The van der Waals surface area contributed by atoms with Crippen LogP contribution >= 0.6 is 0 Å². The Morgan fingerprint density at radius 3 is 2.61 bits per heavy atom. The molecule has 1 heterocycles. The molecule has 1 aromatic carbocycles. The molecule has 1 aliphatic rings. The molecule has 2 rings (SSSR count). The molecule has 0 bridgehead atoms. The third-order valence-corrected chi connectivity index (χ3v) is 4.38. The first-order valence-corrected chi connectivity index (χ1v) is 8.01. The van der Waals surface area contributed by atoms with Crippen molar-refractivity contribution in [2.24, 2.45) is 0 Å². The number of anilines is 1. The Morgan fingerprint density at radius 2 is 1.94 bits per heavy atom. The summed E-state index contributed by atoms with van der Waals surface area (Å²) in [5, 5.41) is 3.52. The summed E-state index contributed by atoms with van der Waals surface area (Å²) in [7, 11) is -0.605. The zero-order chi connectivity index (χ0) is 13.0. The van der Waals surface area contributed by atoms with Gasteiger partial charge >= 0.3 is 0 Å². The summed E-state index contributed by atoms with van der Waals surface area (Å²) >= 11 is 0. The van der Waals surface area contributed by atoms with Gasteiger partial charge in [-0.1, -0.05) is 12.1 Å². The van der Waals surface area contributed by atoms with Crippen LogP contribution in [0.4, 0.5) is 5.69 Å². The largest absolute Gasteiger partial charge is 0.489 e. The molecule has 0 spiro atoms. The monoisotopic (exact) mass is 267 g/mol. The first kappa shape index (κ1) is 13.4. The van der Waals surface area contributed by atoms with E-state index in [1.54, 1.807) is 0 Å². The Balaban J connectivity index is 2.02. The van der Waals surface area contributed by atoms with Gasteiger partial charge in [0.1, 0.15) is 5.75 Å². The van der Waals surface area contributed by atoms with E-state index in [-0.39, 0.29) is 6.10 Å². The van der Waals surface area contributed by atoms with E-state index in [1.165, 1.54) is 0 Å². The number of hydrogen-bond donors (Lipinski definition) is 1. The van der Waals surface area contributed by atoms with Gasteiger partial charge in [0.2, 0.25) is 0 Å². The minimum absolute atomic E-state index is 0.173. The molecule has 0 radical (unpaired) electrons. The molecule has 0 saturated carbocycles. The van der Waals surface area contributed by atoms with E-state index in [0.29, 0.717) is 6.04 Å². The lowest BCUT2D eigenvalue weighted by Gasteiger charge is -2.25. The summed E-state index contributed by atoms with van der Waals surface area (Å²) in [5.41, 5.74) is 1.05. The second kappa shape index (κ2) is 6.23. The first-order valence-electron chi connectivity index (χ1n) is 6.52. The summed E-state index contributed by atoms with van der Waals surface area (Å²) in [4.78, 5) is 0. The Kier molecular flexibility index (Phi) is 4.64. The Morgan fingerprint density at radius 1 is 1.28 bits per heavy atom. The van der Waals surface area contributed by atoms with Gasteiger partial charge < -0.3 is 10.1 Å². The molecular weight excluding hydrogens is 246 g/mol. The van der Waals surface area contributed by atoms with E-state index in [9.17, 15) is 4.21 Å². The maximum atomic E-state index is 11.3. The number of para-hydroxylation sites is 2. The van der Waals surface area contributed by atoms with Gasteiger partial charge in [-0.3, -0.25) is 4.21 Å². The summed E-state index contributed by atoms with van der Waals surface area (Å²) < 4.78 is 17.1. The molecule has 0 aromatic heterocycles. The van der Waals surface area contributed by atoms with Crippen LogP contribution in [0.5, 0.6) is 5.75 Å². The number of nitrogens with one attached hydrogen (secondary N) is 1. The SMILES string of the molecule is CC(C)Oc1ccccc1NC1CCS(=O)CC1. The van der Waals surface area contributed by atoms with Crippen molar-refractivity contribution in [2.75, 3.05) is 16.8 Å². The average Bonchev–Trinajstić information content (AvgIpc) is 2.34. The van der Waals surface area contributed by atoms with Crippen molar-refractivity contribution in [2.45, 2.75) is 38.8 Å². The van der Waals surface area contributed by atoms with Crippen LogP contribution < -0.4 is 10.1 Å². The zero-order valence-electron chi connectivity index (χ0n) is 11.0. The number of hydrogen-bond acceptors (Lipinski definition) is 3. The van der Waals surface area contributed by atoms with E-state index in [4.69, 9.17) is 4.74 Å². The van der Waals surface area contributed by atoms with Gasteiger partial charge in [-0.25, -0.2) is 0 Å². The Bertz CT molecular complexity index is 410. The molecule has 100 valence electrons. The molecule has 0 atom stereocenters. The van der Waals surface area contributed by atoms with Crippen molar-refractivity contribution >= 4 is 16.5 Å². The van der Waals surface area contributed by atoms with Crippen LogP contribution in [-0.4, -0.2) is 27.9 Å². The predicted molar refractivity (Wildman–Crippen MR) is 76.7 cm³/mol. The molecule has 1 fully saturated rings. The van der Waals surface area contributed by atoms with Crippen molar-refractivity contribution in [3.63, 3.8) is 0 Å². The predicted octanol–water partition coefficient (Wildman–Crippen LogP) is 2.80. The highest BCUT2D eigenvalue weighted by Gasteiger charge is 2.18. The zero-order valence-corrected chi connectivity index (χ0v) is 11.8. The van der Waals surface area contributed by atoms with Crippen LogP contribution in [0, 0.1) is 0 Å². The van der Waals surface area contributed by atoms with Gasteiger partial charge in [0.05, 0.1) is 11.8 Å². The third-order valence-electron chi connectivity index (χ3n) is 3.00. The maximum absolute atomic E-state index is 11.3. The summed E-state index contributed by atoms with van der Waals surface area (Å²) in [6.07, 6.45) is 2.12. The fourth-order valence-electron chi connectivity index (χ4n) is 2.10. The lowest BCUT2D eigenvalue weighted by Crippen LogP contribution is -2.29. The van der Waals surface area contributed by atoms with Crippen molar-refractivity contribution in [1.29, 1.82) is 0 Å². The standard InChI is InChI=1S/C14H21NO2S/c1-11(2)17-14-6-4-3-5-13(14)15-12-7-9-18(16)10-8-12/h3-6,11-12,15H,7-10H2,1-2H3. The lowest BCUT2D eigenvalue weighted by molar-refractivity contribution is 0.243. The number of ether oxygens (including phenoxy) is 1. The quantitative estimate of drug-likeness (QED) is 0.911. The van der Waals surface area contributed by atoms with E-state index in [0.717, 1.165) is 35.8 Å². The molecule has 4 heteroatoms. The van der Waals surface area contributed by atoms with Crippen LogP contribution in [0.2, 0.25) is 0 Å². The second-order valence-corrected chi connectivity index (χ2v) is 6.63. The Labute approximate surface area is 111 Å². The summed E-state index contributed by atoms with van der Waals surface area (Å²) in [6, 6.07) is 8.45. The highest BCUT2D eigenvalue weighted by molar-refractivity contribution is 7.85. The molecule has 1 N–H and O–H groups in total. The summed E-state index contributed by atoms with van der Waals surface area (Å²) in [5.74, 6) is 2.52. The van der Waals surface area contributed by atoms with Gasteiger partial charge in [-0.05, 0) is 38.8 Å². The number of benzene rings is 1. The molecule has 18 heavy (non-hydrogen) atoms. The second-order valence-electron chi connectivity index (χ2n) is 4.93. The molecule has 0 unspecified atom stereocenters. The van der Waals surface area contributed by atoms with Crippen LogP contribution in [0.15, 0.2) is 24.3 Å². The van der Waals surface area contributed by atoms with E-state index < -0.39 is 10.8 Å². The van der Waals surface area contributed by atoms with Crippen LogP contribution in [-0.2, 0) is 10.8 Å². The van der Waals surface area contributed by atoms with Crippen molar-refractivity contribution < 1.29 is 8.95 Å². The molecular formula is C14H21NO2S. The highest BCUT2D eigenvalue weighted by atomic mass is 32.2. The average molecular weight is 267 g/mol. The topological polar surface area (TPSA) is 38.3 Å². The fourth-order valence-corrected chi connectivity index (χ4v) is 3.40. The molecule has 0 amide bonds. The van der Waals surface area contributed by atoms with E-state index >= 15 is 0 Å². The molecule has 3 nitrogen and oxygen atoms in total. The normalized spacial score (nSPS) is 23.9. The molecule has 1 saturated heterocycles. The Hall–Kier alpha value is -1.03. The number of rotatable bonds is 4. The van der Waals surface area contributed by atoms with Crippen molar-refractivity contribution in [1.82, 2.24) is 0 Å². The minimum Gasteiger partial charge on any atom is -0.489 e. The molecule has 1 aromatic rings. The van der Waals surface area contributed by atoms with Crippen LogP contribution in [0.1, 0.15) is 26.7 Å². The van der Waals surface area contributed by atoms with Gasteiger partial charge in [-0.2, -0.15) is 0 Å². The smallest absolute Gasteiger partial charge is 0.142 e. The van der Waals surface area contributed by atoms with Gasteiger partial charge in [-0.15, -0.1) is 0 Å². The summed E-state index contributed by atoms with van der Waals surface area (Å²) in [6.45, 7) is 4.06. The van der Waals surface area contributed by atoms with Crippen molar-refractivity contribution in [3.05, 3.63) is 24.3 Å². The maximum Gasteiger partial charge on any atom is 0.142 e. The highest BCUT2D eigenvalue weighted by Crippen LogP contribution is 2.27. The minimum atomic E-state index is -0.605. The van der Waals surface area contributed by atoms with Gasteiger partial charge in [0, 0.05) is 28.3 Å². The van der Waals surface area contributed by atoms with Gasteiger partial charge in [0.15, 0.2) is 0 Å². The van der Waals surface area contributed by atoms with Gasteiger partial charge in [0.25, 0.3) is 0 Å². The molecule has 0 aliphatic carbocycles. The van der Waals surface area contributed by atoms with E-state index in [2.05, 4.69) is 5.32 Å². The van der Waals surface area contributed by atoms with Crippen LogP contribution in [0.25, 0.3) is 0 Å². The first-order chi connectivity index (χ1) is 8.65. The lowest BCUT2D eigenvalue weighted by atomic mass is 10.1. The fraction of sp³-hybridized carbons (Fsp3) is 0.571. The van der Waals surface area contributed by atoms with Crippen molar-refractivity contribution in [3.8, 4) is 5.75 Å².